The Labute approximate surface area is 126 Å². The van der Waals surface area contributed by atoms with E-state index in [0.29, 0.717) is 6.61 Å². The maximum absolute atomic E-state index is 11.7. The molecule has 0 radical (unpaired) electrons. The number of nitrogens with zero attached hydrogens (tertiary/aromatic N) is 1. The fraction of sp³-hybridized carbons (Fsp3) is 0.857. The third kappa shape index (κ3) is 10.1. The highest BCUT2D eigenvalue weighted by Crippen LogP contribution is 2.12. The molecule has 21 heavy (non-hydrogen) atoms. The van der Waals surface area contributed by atoms with E-state index in [0.717, 1.165) is 12.8 Å². The van der Waals surface area contributed by atoms with E-state index in [1.165, 1.54) is 5.17 Å². The Balaban J connectivity index is 4.43. The zero-order valence-electron chi connectivity index (χ0n) is 14.1. The lowest BCUT2D eigenvalue weighted by Gasteiger charge is -2.33. The third-order valence-electron chi connectivity index (χ3n) is 2.09. The van der Waals surface area contributed by atoms with Gasteiger partial charge in [-0.1, -0.05) is 18.5 Å². The zero-order chi connectivity index (χ0) is 16.7. The fourth-order valence-electron chi connectivity index (χ4n) is 1.15. The van der Waals surface area contributed by atoms with Gasteiger partial charge in [-0.25, -0.2) is 15.0 Å². The first kappa shape index (κ1) is 19.7. The zero-order valence-corrected chi connectivity index (χ0v) is 14.1. The quantitative estimate of drug-likeness (QED) is 0.363. The van der Waals surface area contributed by atoms with E-state index in [1.807, 2.05) is 27.7 Å². The lowest BCUT2D eigenvalue weighted by molar-refractivity contribution is -0.237. The minimum Gasteiger partial charge on any atom is -0.428 e. The molecule has 0 rings (SSSR count). The van der Waals surface area contributed by atoms with Crippen molar-refractivity contribution in [2.24, 2.45) is 0 Å². The maximum Gasteiger partial charge on any atom is 0.517 e. The lowest BCUT2D eigenvalue weighted by Crippen LogP contribution is -2.53. The van der Waals surface area contributed by atoms with Crippen LogP contribution in [-0.4, -0.2) is 35.2 Å². The van der Waals surface area contributed by atoms with E-state index in [1.54, 1.807) is 20.8 Å². The monoisotopic (exact) mass is 304 g/mol. The molecule has 0 unspecified atom stereocenters. The Morgan fingerprint density at radius 2 is 1.67 bits per heavy atom. The summed E-state index contributed by atoms with van der Waals surface area (Å²) in [5.74, 6) is 0. The molecular formula is C14H28N2O5. The molecule has 0 aliphatic heterocycles. The van der Waals surface area contributed by atoms with Crippen molar-refractivity contribution in [2.75, 3.05) is 6.61 Å². The molecule has 0 atom stereocenters. The number of amides is 1. The van der Waals surface area contributed by atoms with E-state index in [2.05, 4.69) is 10.2 Å². The summed E-state index contributed by atoms with van der Waals surface area (Å²) in [5, 5.41) is 1.27. The molecule has 0 saturated heterocycles. The Morgan fingerprint density at radius 3 is 2.10 bits per heavy atom. The van der Waals surface area contributed by atoms with Gasteiger partial charge in [0.25, 0.3) is 0 Å². The van der Waals surface area contributed by atoms with E-state index < -0.39 is 23.4 Å². The second-order valence-electron chi connectivity index (χ2n) is 6.62. The van der Waals surface area contributed by atoms with Crippen LogP contribution in [0.25, 0.3) is 0 Å². The van der Waals surface area contributed by atoms with Crippen LogP contribution < -0.4 is 5.43 Å². The molecule has 7 heteroatoms. The van der Waals surface area contributed by atoms with Crippen molar-refractivity contribution in [2.45, 2.75) is 72.4 Å². The fourth-order valence-corrected chi connectivity index (χ4v) is 1.15. The topological polar surface area (TPSA) is 77.1 Å². The number of nitrogens with one attached hydrogen (secondary N) is 1. The van der Waals surface area contributed by atoms with E-state index in [9.17, 15) is 9.59 Å². The number of rotatable bonds is 5. The molecule has 1 N–H and O–H groups in total. The van der Waals surface area contributed by atoms with Gasteiger partial charge in [0.15, 0.2) is 0 Å². The van der Waals surface area contributed by atoms with Gasteiger partial charge in [0, 0.05) is 0 Å². The Morgan fingerprint density at radius 1 is 1.10 bits per heavy atom. The van der Waals surface area contributed by atoms with Gasteiger partial charge in [0.1, 0.15) is 5.60 Å². The summed E-state index contributed by atoms with van der Waals surface area (Å²) >= 11 is 0. The average molecular weight is 304 g/mol. The van der Waals surface area contributed by atoms with Crippen LogP contribution in [0.2, 0.25) is 0 Å². The Kier molecular flexibility index (Phi) is 7.67. The number of hydrogen-bond donors (Lipinski definition) is 1. The summed E-state index contributed by atoms with van der Waals surface area (Å²) in [5.41, 5.74) is 1.17. The molecule has 0 aromatic rings. The summed E-state index contributed by atoms with van der Waals surface area (Å²) in [6.45, 7) is 13.1. The summed E-state index contributed by atoms with van der Waals surface area (Å²) in [4.78, 5) is 28.5. The van der Waals surface area contributed by atoms with Gasteiger partial charge >= 0.3 is 12.2 Å². The molecule has 0 fully saturated rings. The maximum atomic E-state index is 11.7. The third-order valence-corrected chi connectivity index (χ3v) is 2.09. The minimum atomic E-state index is -1.05. The van der Waals surface area contributed by atoms with E-state index in [4.69, 9.17) is 9.57 Å². The van der Waals surface area contributed by atoms with Crippen LogP contribution in [0.15, 0.2) is 0 Å². The molecule has 1 amide bonds. The molecule has 0 spiro atoms. The van der Waals surface area contributed by atoms with Crippen molar-refractivity contribution in [3.63, 3.8) is 0 Å². The van der Waals surface area contributed by atoms with Crippen molar-refractivity contribution in [1.29, 1.82) is 0 Å². The molecule has 0 saturated carbocycles. The van der Waals surface area contributed by atoms with Crippen LogP contribution in [0.3, 0.4) is 0 Å². The van der Waals surface area contributed by atoms with Crippen LogP contribution in [-0.2, 0) is 14.3 Å². The average Bonchev–Trinajstić information content (AvgIpc) is 2.23. The first-order chi connectivity index (χ1) is 9.45. The van der Waals surface area contributed by atoms with Gasteiger partial charge in [0.2, 0.25) is 0 Å². The summed E-state index contributed by atoms with van der Waals surface area (Å²) in [7, 11) is 0. The standard InChI is InChI=1S/C14H28N2O5/c1-8-9-10-19-16(13(2,3)4)15-11(17)20-12(18)21-14(5,6)7/h8-10H2,1-7H3,(H,15,17). The Hall–Kier alpha value is -1.34. The highest BCUT2D eigenvalue weighted by atomic mass is 16.8. The van der Waals surface area contributed by atoms with Gasteiger partial charge in [-0.3, -0.25) is 4.84 Å². The van der Waals surface area contributed by atoms with Crippen LogP contribution >= 0.6 is 0 Å². The van der Waals surface area contributed by atoms with Crippen molar-refractivity contribution in [1.82, 2.24) is 10.6 Å². The molecule has 7 nitrogen and oxygen atoms in total. The normalized spacial score (nSPS) is 12.2. The molecular weight excluding hydrogens is 276 g/mol. The molecule has 0 bridgehead atoms. The van der Waals surface area contributed by atoms with Crippen LogP contribution in [0.1, 0.15) is 61.3 Å². The summed E-state index contributed by atoms with van der Waals surface area (Å²) in [6, 6.07) is 0. The van der Waals surface area contributed by atoms with Crippen LogP contribution in [0, 0.1) is 0 Å². The number of ether oxygens (including phenoxy) is 2. The van der Waals surface area contributed by atoms with E-state index in [-0.39, 0.29) is 0 Å². The molecule has 0 aliphatic rings. The molecule has 0 heterocycles. The SMILES string of the molecule is CCCCON(NC(=O)OC(=O)OC(C)(C)C)C(C)(C)C. The minimum absolute atomic E-state index is 0.459. The van der Waals surface area contributed by atoms with Crippen molar-refractivity contribution < 1.29 is 23.9 Å². The Bertz CT molecular complexity index is 344. The van der Waals surface area contributed by atoms with Crippen molar-refractivity contribution >= 4 is 12.2 Å². The number of hydrogen-bond acceptors (Lipinski definition) is 6. The van der Waals surface area contributed by atoms with Gasteiger partial charge in [-0.05, 0) is 48.0 Å². The summed E-state index contributed by atoms with van der Waals surface area (Å²) < 4.78 is 9.42. The predicted octanol–water partition coefficient (Wildman–Crippen LogP) is 3.39. The first-order valence-corrected chi connectivity index (χ1v) is 7.10. The largest absolute Gasteiger partial charge is 0.517 e. The number of hydrazine groups is 1. The molecule has 0 aromatic carbocycles. The molecule has 124 valence electrons. The smallest absolute Gasteiger partial charge is 0.428 e. The van der Waals surface area contributed by atoms with Crippen molar-refractivity contribution in [3.05, 3.63) is 0 Å². The van der Waals surface area contributed by atoms with Crippen LogP contribution in [0.4, 0.5) is 9.59 Å². The van der Waals surface area contributed by atoms with Crippen molar-refractivity contribution in [3.8, 4) is 0 Å². The number of carbonyl (C=O) groups excluding carboxylic acids is 2. The predicted molar refractivity (Wildman–Crippen MR) is 78.3 cm³/mol. The van der Waals surface area contributed by atoms with Gasteiger partial charge in [-0.2, -0.15) is 0 Å². The number of hydroxylamine groups is 1. The highest BCUT2D eigenvalue weighted by Gasteiger charge is 2.27. The van der Waals surface area contributed by atoms with Gasteiger partial charge < -0.3 is 9.47 Å². The lowest BCUT2D eigenvalue weighted by atomic mass is 10.1. The molecule has 0 aliphatic carbocycles. The van der Waals surface area contributed by atoms with Crippen LogP contribution in [0.5, 0.6) is 0 Å². The van der Waals surface area contributed by atoms with Gasteiger partial charge in [0.05, 0.1) is 12.1 Å². The first-order valence-electron chi connectivity index (χ1n) is 7.10. The summed E-state index contributed by atoms with van der Waals surface area (Å²) in [6.07, 6.45) is -0.173. The highest BCUT2D eigenvalue weighted by molar-refractivity contribution is 5.80. The number of carbonyl (C=O) groups is 2. The van der Waals surface area contributed by atoms with Gasteiger partial charge in [-0.15, -0.1) is 0 Å². The second kappa shape index (κ2) is 8.19. The molecule has 0 aromatic heterocycles. The number of unbranched alkanes of at least 4 members (excludes halogenated alkanes) is 1. The second-order valence-corrected chi connectivity index (χ2v) is 6.62. The van der Waals surface area contributed by atoms with E-state index >= 15 is 0 Å².